The predicted octanol–water partition coefficient (Wildman–Crippen LogP) is 1.21. The first-order valence-electron chi connectivity index (χ1n) is 6.95. The molecule has 1 fully saturated rings. The molecule has 3 atom stereocenters. The van der Waals surface area contributed by atoms with Gasteiger partial charge in [-0.25, -0.2) is 4.79 Å². The molecule has 1 aliphatic heterocycles. The maximum Gasteiger partial charge on any atom is 0.328 e. The Balaban J connectivity index is 2.03. The van der Waals surface area contributed by atoms with Crippen molar-refractivity contribution in [3.63, 3.8) is 0 Å². The summed E-state index contributed by atoms with van der Waals surface area (Å²) in [5.74, 6) is 0. The van der Waals surface area contributed by atoms with E-state index >= 15 is 0 Å². The molecule has 3 rings (SSSR count). The Morgan fingerprint density at radius 3 is 2.73 bits per heavy atom. The summed E-state index contributed by atoms with van der Waals surface area (Å²) in [6, 6.07) is 9.46. The van der Waals surface area contributed by atoms with Gasteiger partial charge in [0.25, 0.3) is 0 Å². The number of ether oxygens (including phenoxy) is 1. The van der Waals surface area contributed by atoms with Gasteiger partial charge in [-0.2, -0.15) is 0 Å². The van der Waals surface area contributed by atoms with Gasteiger partial charge in [0.05, 0.1) is 12.7 Å². The first-order chi connectivity index (χ1) is 10.6. The van der Waals surface area contributed by atoms with E-state index in [0.717, 1.165) is 5.56 Å². The molecule has 0 spiro atoms. The lowest BCUT2D eigenvalue weighted by molar-refractivity contribution is -0.0458. The van der Waals surface area contributed by atoms with Gasteiger partial charge in [-0.05, 0) is 5.56 Å². The lowest BCUT2D eigenvalue weighted by Crippen LogP contribution is -2.28. The number of hydrogen-bond acceptors (Lipinski definition) is 5. The molecule has 0 amide bonds. The molecular weight excluding hydrogens is 304 g/mol. The summed E-state index contributed by atoms with van der Waals surface area (Å²) >= 11 is 5.23. The maximum atomic E-state index is 12.1. The standard InChI is InChI=1S/C15H16N2O4S/c18-8-12-11(19)6-13(21-12)17-7-10(14(22)16-15(17)20)9-4-2-1-3-5-9/h1-5,7,11-13,18-19H,6,8H2,(H,16,20,22)/t11-,12+,13-/m1/s1. The molecule has 0 radical (unpaired) electrons. The lowest BCUT2D eigenvalue weighted by atomic mass is 10.1. The van der Waals surface area contributed by atoms with Gasteiger partial charge in [0, 0.05) is 18.2 Å². The predicted molar refractivity (Wildman–Crippen MR) is 82.9 cm³/mol. The molecule has 0 bridgehead atoms. The minimum atomic E-state index is -0.801. The molecule has 116 valence electrons. The number of nitrogens with zero attached hydrogens (tertiary/aromatic N) is 1. The zero-order valence-electron chi connectivity index (χ0n) is 11.7. The highest BCUT2D eigenvalue weighted by Gasteiger charge is 2.35. The van der Waals surface area contributed by atoms with Gasteiger partial charge in [0.2, 0.25) is 0 Å². The molecule has 1 aromatic heterocycles. The molecular formula is C15H16N2O4S. The van der Waals surface area contributed by atoms with Crippen molar-refractivity contribution in [2.75, 3.05) is 6.61 Å². The molecule has 7 heteroatoms. The fourth-order valence-corrected chi connectivity index (χ4v) is 2.83. The van der Waals surface area contributed by atoms with E-state index in [0.29, 0.717) is 10.2 Å². The lowest BCUT2D eigenvalue weighted by Gasteiger charge is -2.15. The Morgan fingerprint density at radius 1 is 1.36 bits per heavy atom. The SMILES string of the molecule is O=c1[nH]c(=S)c(-c2ccccc2)cn1[C@H]1C[C@@H](O)[C@H](CO)O1. The van der Waals surface area contributed by atoms with Crippen molar-refractivity contribution in [3.05, 3.63) is 51.7 Å². The second-order valence-electron chi connectivity index (χ2n) is 5.19. The number of nitrogens with one attached hydrogen (secondary N) is 1. The van der Waals surface area contributed by atoms with Gasteiger partial charge in [0.1, 0.15) is 17.0 Å². The minimum absolute atomic E-state index is 0.240. The van der Waals surface area contributed by atoms with Crippen LogP contribution in [0, 0.1) is 4.64 Å². The molecule has 2 heterocycles. The first kappa shape index (κ1) is 15.1. The fourth-order valence-electron chi connectivity index (χ4n) is 2.57. The van der Waals surface area contributed by atoms with Crippen LogP contribution in [0.25, 0.3) is 11.1 Å². The number of H-pyrrole nitrogens is 1. The zero-order valence-corrected chi connectivity index (χ0v) is 12.5. The van der Waals surface area contributed by atoms with Crippen LogP contribution in [0.4, 0.5) is 0 Å². The van der Waals surface area contributed by atoms with E-state index in [1.165, 1.54) is 4.57 Å². The van der Waals surface area contributed by atoms with Crippen LogP contribution in [0.15, 0.2) is 41.3 Å². The monoisotopic (exact) mass is 320 g/mol. The number of rotatable bonds is 3. The highest BCUT2D eigenvalue weighted by molar-refractivity contribution is 7.71. The number of aromatic amines is 1. The quantitative estimate of drug-likeness (QED) is 0.740. The number of aliphatic hydroxyl groups is 2. The number of aromatic nitrogens is 2. The van der Waals surface area contributed by atoms with Crippen LogP contribution in [0.3, 0.4) is 0 Å². The third-order valence-corrected chi connectivity index (χ3v) is 4.07. The Hall–Kier alpha value is -1.80. The summed E-state index contributed by atoms with van der Waals surface area (Å²) in [6.45, 7) is -0.291. The van der Waals surface area contributed by atoms with E-state index in [2.05, 4.69) is 4.98 Å². The smallest absolute Gasteiger partial charge is 0.328 e. The topological polar surface area (TPSA) is 87.5 Å². The van der Waals surface area contributed by atoms with E-state index in [4.69, 9.17) is 22.1 Å². The minimum Gasteiger partial charge on any atom is -0.394 e. The molecule has 1 aromatic carbocycles. The summed E-state index contributed by atoms with van der Waals surface area (Å²) in [5, 5.41) is 19.0. The third kappa shape index (κ3) is 2.76. The normalized spacial score (nSPS) is 24.5. The average Bonchev–Trinajstić information content (AvgIpc) is 2.89. The summed E-state index contributed by atoms with van der Waals surface area (Å²) < 4.78 is 7.25. The van der Waals surface area contributed by atoms with Crippen LogP contribution >= 0.6 is 12.2 Å². The van der Waals surface area contributed by atoms with Gasteiger partial charge in [-0.15, -0.1) is 0 Å². The Bertz CT molecular complexity index is 771. The fraction of sp³-hybridized carbons (Fsp3) is 0.333. The second-order valence-corrected chi connectivity index (χ2v) is 5.60. The molecule has 6 nitrogen and oxygen atoms in total. The Kier molecular flexibility index (Phi) is 4.21. The highest BCUT2D eigenvalue weighted by Crippen LogP contribution is 2.28. The van der Waals surface area contributed by atoms with Crippen molar-refractivity contribution in [1.82, 2.24) is 9.55 Å². The number of aliphatic hydroxyl groups excluding tert-OH is 2. The van der Waals surface area contributed by atoms with Gasteiger partial charge in [0.15, 0.2) is 0 Å². The van der Waals surface area contributed by atoms with Gasteiger partial charge < -0.3 is 14.9 Å². The largest absolute Gasteiger partial charge is 0.394 e. The molecule has 1 saturated heterocycles. The van der Waals surface area contributed by atoms with Crippen LogP contribution in [0.5, 0.6) is 0 Å². The van der Waals surface area contributed by atoms with Gasteiger partial charge in [-0.1, -0.05) is 42.5 Å². The van der Waals surface area contributed by atoms with Crippen LogP contribution in [0.1, 0.15) is 12.6 Å². The molecule has 0 unspecified atom stereocenters. The highest BCUT2D eigenvalue weighted by atomic mass is 32.1. The van der Waals surface area contributed by atoms with Crippen molar-refractivity contribution in [1.29, 1.82) is 0 Å². The Morgan fingerprint density at radius 2 is 2.09 bits per heavy atom. The summed E-state index contributed by atoms with van der Waals surface area (Å²) in [4.78, 5) is 14.8. The van der Waals surface area contributed by atoms with E-state index in [9.17, 15) is 9.90 Å². The first-order valence-corrected chi connectivity index (χ1v) is 7.36. The van der Waals surface area contributed by atoms with E-state index in [1.54, 1.807) is 6.20 Å². The molecule has 0 aliphatic carbocycles. The molecule has 2 aromatic rings. The maximum absolute atomic E-state index is 12.1. The summed E-state index contributed by atoms with van der Waals surface area (Å²) in [6.07, 6.45) is -0.239. The molecule has 1 aliphatic rings. The Labute approximate surface area is 131 Å². The van der Waals surface area contributed by atoms with Crippen LogP contribution < -0.4 is 5.69 Å². The van der Waals surface area contributed by atoms with Crippen molar-refractivity contribution < 1.29 is 14.9 Å². The van der Waals surface area contributed by atoms with Crippen molar-refractivity contribution >= 4 is 12.2 Å². The summed E-state index contributed by atoms with van der Waals surface area (Å²) in [7, 11) is 0. The van der Waals surface area contributed by atoms with Crippen molar-refractivity contribution in [3.8, 4) is 11.1 Å². The molecule has 3 N–H and O–H groups in total. The average molecular weight is 320 g/mol. The van der Waals surface area contributed by atoms with Gasteiger partial charge >= 0.3 is 5.69 Å². The van der Waals surface area contributed by atoms with Crippen LogP contribution in [0.2, 0.25) is 0 Å². The van der Waals surface area contributed by atoms with Crippen LogP contribution in [-0.2, 0) is 4.74 Å². The van der Waals surface area contributed by atoms with E-state index in [1.807, 2.05) is 30.3 Å². The van der Waals surface area contributed by atoms with Gasteiger partial charge in [-0.3, -0.25) is 9.55 Å². The van der Waals surface area contributed by atoms with E-state index < -0.39 is 24.1 Å². The molecule has 22 heavy (non-hydrogen) atoms. The zero-order chi connectivity index (χ0) is 15.7. The van der Waals surface area contributed by atoms with Crippen LogP contribution in [-0.4, -0.2) is 38.6 Å². The third-order valence-electron chi connectivity index (χ3n) is 3.75. The van der Waals surface area contributed by atoms with E-state index in [-0.39, 0.29) is 13.0 Å². The van der Waals surface area contributed by atoms with Crippen molar-refractivity contribution in [2.24, 2.45) is 0 Å². The number of hydrogen-bond donors (Lipinski definition) is 3. The second kappa shape index (κ2) is 6.13. The summed E-state index contributed by atoms with van der Waals surface area (Å²) in [5.41, 5.74) is 1.19. The molecule has 0 saturated carbocycles. The van der Waals surface area contributed by atoms with Crippen molar-refractivity contribution in [2.45, 2.75) is 24.9 Å². The number of benzene rings is 1.